The van der Waals surface area contributed by atoms with Crippen LogP contribution in [0.4, 0.5) is 11.4 Å². The third-order valence-electron chi connectivity index (χ3n) is 3.55. The lowest BCUT2D eigenvalue weighted by Crippen LogP contribution is -2.48. The summed E-state index contributed by atoms with van der Waals surface area (Å²) in [5, 5.41) is 10.6. The average Bonchev–Trinajstić information content (AvgIpc) is 2.46. The van der Waals surface area contributed by atoms with E-state index in [0.717, 1.165) is 43.1 Å². The lowest BCUT2D eigenvalue weighted by molar-refractivity contribution is -0.129. The summed E-state index contributed by atoms with van der Waals surface area (Å²) in [5.74, 6) is 0.140. The van der Waals surface area contributed by atoms with Gasteiger partial charge in [0.2, 0.25) is 5.91 Å². The van der Waals surface area contributed by atoms with Gasteiger partial charge in [0.25, 0.3) is 0 Å². The zero-order chi connectivity index (χ0) is 13.8. The van der Waals surface area contributed by atoms with E-state index in [1.807, 2.05) is 24.1 Å². The standard InChI is InChI=1S/C14H20N4O/c1-11(19)17-6-8-18(9-7-17)13-5-3-4-12(10-15)14(13)16-2/h3-5,10,15-16H,6-9H2,1-2H3. The molecule has 0 radical (unpaired) electrons. The van der Waals surface area contributed by atoms with E-state index >= 15 is 0 Å². The summed E-state index contributed by atoms with van der Waals surface area (Å²) in [6, 6.07) is 5.95. The fourth-order valence-corrected chi connectivity index (χ4v) is 2.48. The Balaban J connectivity index is 2.19. The Morgan fingerprint density at radius 3 is 2.53 bits per heavy atom. The van der Waals surface area contributed by atoms with Crippen LogP contribution in [0, 0.1) is 5.41 Å². The molecule has 2 N–H and O–H groups in total. The van der Waals surface area contributed by atoms with Crippen LogP contribution in [0.5, 0.6) is 0 Å². The van der Waals surface area contributed by atoms with Gasteiger partial charge in [0.15, 0.2) is 0 Å². The molecule has 0 spiro atoms. The van der Waals surface area contributed by atoms with Crippen LogP contribution in [0.2, 0.25) is 0 Å². The molecular formula is C14H20N4O. The highest BCUT2D eigenvalue weighted by atomic mass is 16.2. The van der Waals surface area contributed by atoms with Crippen molar-refractivity contribution >= 4 is 23.5 Å². The van der Waals surface area contributed by atoms with E-state index in [-0.39, 0.29) is 5.91 Å². The Morgan fingerprint density at radius 2 is 2.00 bits per heavy atom. The SMILES string of the molecule is CNc1c(C=N)cccc1N1CCN(C(C)=O)CC1. The van der Waals surface area contributed by atoms with Gasteiger partial charge in [0.1, 0.15) is 0 Å². The number of para-hydroxylation sites is 1. The van der Waals surface area contributed by atoms with Gasteiger partial charge in [-0.1, -0.05) is 12.1 Å². The van der Waals surface area contributed by atoms with Crippen molar-refractivity contribution in [2.24, 2.45) is 0 Å². The highest BCUT2D eigenvalue weighted by molar-refractivity contribution is 5.91. The van der Waals surface area contributed by atoms with Crippen molar-refractivity contribution in [2.75, 3.05) is 43.4 Å². The van der Waals surface area contributed by atoms with Crippen molar-refractivity contribution in [3.8, 4) is 0 Å². The van der Waals surface area contributed by atoms with E-state index in [1.165, 1.54) is 6.21 Å². The van der Waals surface area contributed by atoms with Crippen LogP contribution >= 0.6 is 0 Å². The van der Waals surface area contributed by atoms with Gasteiger partial charge in [-0.15, -0.1) is 0 Å². The van der Waals surface area contributed by atoms with Crippen molar-refractivity contribution < 1.29 is 4.79 Å². The van der Waals surface area contributed by atoms with Crippen LogP contribution < -0.4 is 10.2 Å². The van der Waals surface area contributed by atoms with Crippen LogP contribution in [0.1, 0.15) is 12.5 Å². The minimum atomic E-state index is 0.140. The van der Waals surface area contributed by atoms with Crippen LogP contribution in [0.3, 0.4) is 0 Å². The molecule has 1 amide bonds. The largest absolute Gasteiger partial charge is 0.386 e. The quantitative estimate of drug-likeness (QED) is 0.808. The van der Waals surface area contributed by atoms with Crippen LogP contribution in [-0.4, -0.2) is 50.2 Å². The normalized spacial score (nSPS) is 15.3. The van der Waals surface area contributed by atoms with Gasteiger partial charge in [-0.2, -0.15) is 0 Å². The Kier molecular flexibility index (Phi) is 4.04. The highest BCUT2D eigenvalue weighted by Gasteiger charge is 2.20. The molecule has 1 saturated heterocycles. The number of amides is 1. The molecular weight excluding hydrogens is 240 g/mol. The minimum Gasteiger partial charge on any atom is -0.386 e. The predicted octanol–water partition coefficient (Wildman–Crippen LogP) is 1.39. The molecule has 102 valence electrons. The molecule has 2 rings (SSSR count). The van der Waals surface area contributed by atoms with E-state index in [0.29, 0.717) is 0 Å². The molecule has 1 fully saturated rings. The van der Waals surface area contributed by atoms with Crippen LogP contribution in [0.15, 0.2) is 18.2 Å². The number of carbonyl (C=O) groups excluding carboxylic acids is 1. The number of carbonyl (C=O) groups is 1. The molecule has 19 heavy (non-hydrogen) atoms. The molecule has 1 heterocycles. The van der Waals surface area contributed by atoms with Crippen LogP contribution in [0.25, 0.3) is 0 Å². The van der Waals surface area contributed by atoms with Gasteiger partial charge in [0, 0.05) is 51.9 Å². The topological polar surface area (TPSA) is 59.4 Å². The van der Waals surface area contributed by atoms with Crippen molar-refractivity contribution in [2.45, 2.75) is 6.92 Å². The number of piperazine rings is 1. The number of nitrogens with one attached hydrogen (secondary N) is 2. The van der Waals surface area contributed by atoms with Gasteiger partial charge in [-0.25, -0.2) is 0 Å². The van der Waals surface area contributed by atoms with Crippen molar-refractivity contribution in [3.63, 3.8) is 0 Å². The summed E-state index contributed by atoms with van der Waals surface area (Å²) in [6.45, 7) is 4.79. The second-order valence-electron chi connectivity index (χ2n) is 4.63. The van der Waals surface area contributed by atoms with Gasteiger partial charge in [-0.3, -0.25) is 4.79 Å². The summed E-state index contributed by atoms with van der Waals surface area (Å²) in [4.78, 5) is 15.5. The van der Waals surface area contributed by atoms with Crippen molar-refractivity contribution in [1.29, 1.82) is 5.41 Å². The van der Waals surface area contributed by atoms with Crippen molar-refractivity contribution in [1.82, 2.24) is 4.90 Å². The first-order chi connectivity index (χ1) is 9.17. The molecule has 0 aromatic heterocycles. The molecule has 5 heteroatoms. The predicted molar refractivity (Wildman–Crippen MR) is 78.3 cm³/mol. The summed E-state index contributed by atoms with van der Waals surface area (Å²) in [6.07, 6.45) is 1.36. The number of hydrogen-bond acceptors (Lipinski definition) is 4. The van der Waals surface area contributed by atoms with Gasteiger partial charge in [-0.05, 0) is 6.07 Å². The Morgan fingerprint density at radius 1 is 1.32 bits per heavy atom. The summed E-state index contributed by atoms with van der Waals surface area (Å²) in [7, 11) is 1.87. The average molecular weight is 260 g/mol. The number of anilines is 2. The second-order valence-corrected chi connectivity index (χ2v) is 4.63. The molecule has 1 aliphatic rings. The zero-order valence-corrected chi connectivity index (χ0v) is 11.4. The molecule has 0 bridgehead atoms. The number of hydrogen-bond donors (Lipinski definition) is 2. The van der Waals surface area contributed by atoms with E-state index < -0.39 is 0 Å². The zero-order valence-electron chi connectivity index (χ0n) is 11.4. The number of rotatable bonds is 3. The maximum atomic E-state index is 11.3. The van der Waals surface area contributed by atoms with Gasteiger partial charge >= 0.3 is 0 Å². The Bertz CT molecular complexity index is 478. The van der Waals surface area contributed by atoms with Gasteiger partial charge < -0.3 is 20.5 Å². The molecule has 1 aliphatic heterocycles. The molecule has 0 unspecified atom stereocenters. The monoisotopic (exact) mass is 260 g/mol. The van der Waals surface area contributed by atoms with E-state index in [9.17, 15) is 4.79 Å². The number of benzene rings is 1. The van der Waals surface area contributed by atoms with Crippen LogP contribution in [-0.2, 0) is 4.79 Å². The molecule has 0 saturated carbocycles. The summed E-state index contributed by atoms with van der Waals surface area (Å²) in [5.41, 5.74) is 2.97. The summed E-state index contributed by atoms with van der Waals surface area (Å²) < 4.78 is 0. The third kappa shape index (κ3) is 2.70. The molecule has 0 atom stereocenters. The smallest absolute Gasteiger partial charge is 0.219 e. The molecule has 1 aromatic rings. The molecule has 5 nitrogen and oxygen atoms in total. The van der Waals surface area contributed by atoms with Crippen molar-refractivity contribution in [3.05, 3.63) is 23.8 Å². The molecule has 1 aromatic carbocycles. The lowest BCUT2D eigenvalue weighted by Gasteiger charge is -2.36. The molecule has 0 aliphatic carbocycles. The Labute approximate surface area is 113 Å². The van der Waals surface area contributed by atoms with E-state index in [4.69, 9.17) is 5.41 Å². The maximum absolute atomic E-state index is 11.3. The highest BCUT2D eigenvalue weighted by Crippen LogP contribution is 2.29. The lowest BCUT2D eigenvalue weighted by atomic mass is 10.1. The first-order valence-electron chi connectivity index (χ1n) is 6.49. The maximum Gasteiger partial charge on any atom is 0.219 e. The van der Waals surface area contributed by atoms with E-state index in [2.05, 4.69) is 16.3 Å². The first-order valence-corrected chi connectivity index (χ1v) is 6.49. The second kappa shape index (κ2) is 5.73. The minimum absolute atomic E-state index is 0.140. The third-order valence-corrected chi connectivity index (χ3v) is 3.55. The van der Waals surface area contributed by atoms with E-state index in [1.54, 1.807) is 6.92 Å². The van der Waals surface area contributed by atoms with Gasteiger partial charge in [0.05, 0.1) is 11.4 Å². The first kappa shape index (κ1) is 13.4. The fourth-order valence-electron chi connectivity index (χ4n) is 2.48. The number of nitrogens with zero attached hydrogens (tertiary/aromatic N) is 2. The fraction of sp³-hybridized carbons (Fsp3) is 0.429. The summed E-state index contributed by atoms with van der Waals surface area (Å²) >= 11 is 0. The Hall–Kier alpha value is -2.04.